The number of aromatic nitrogens is 1. The molecule has 0 spiro atoms. The monoisotopic (exact) mass is 476 g/mol. The van der Waals surface area contributed by atoms with Gasteiger partial charge in [0.05, 0.1) is 29.1 Å². The van der Waals surface area contributed by atoms with Crippen LogP contribution < -0.4 is 20.7 Å². The summed E-state index contributed by atoms with van der Waals surface area (Å²) in [5.74, 6) is -0.925. The number of rotatable bonds is 5. The van der Waals surface area contributed by atoms with E-state index in [0.717, 1.165) is 18.2 Å². The van der Waals surface area contributed by atoms with E-state index in [4.69, 9.17) is 5.11 Å². The first kappa shape index (κ1) is 23.3. The number of hydrogen-bond acceptors (Lipinski definition) is 5. The van der Waals surface area contributed by atoms with E-state index >= 15 is 0 Å². The van der Waals surface area contributed by atoms with Crippen LogP contribution in [0.15, 0.2) is 53.3 Å². The molecule has 0 aliphatic carbocycles. The molecule has 0 bridgehead atoms. The number of nitrogens with zero attached hydrogens (tertiary/aromatic N) is 2. The molecule has 3 N–H and O–H groups in total. The molecule has 178 valence electrons. The number of H-pyrrole nitrogens is 1. The van der Waals surface area contributed by atoms with Crippen LogP contribution >= 0.6 is 0 Å². The van der Waals surface area contributed by atoms with E-state index in [0.29, 0.717) is 11.3 Å². The minimum atomic E-state index is -4.63. The number of anilines is 4. The Labute approximate surface area is 191 Å². The normalized spacial score (nSPS) is 13.8. The van der Waals surface area contributed by atoms with E-state index in [1.807, 2.05) is 0 Å². The lowest BCUT2D eigenvalue weighted by Gasteiger charge is -2.39. The first-order valence-electron chi connectivity index (χ1n) is 10.2. The van der Waals surface area contributed by atoms with E-state index in [9.17, 15) is 27.2 Å². The summed E-state index contributed by atoms with van der Waals surface area (Å²) in [6, 6.07) is 9.30. The minimum absolute atomic E-state index is 0.00211. The van der Waals surface area contributed by atoms with Crippen molar-refractivity contribution in [1.29, 1.82) is 0 Å². The largest absolute Gasteiger partial charge is 0.416 e. The molecule has 2 heterocycles. The second-order valence-electron chi connectivity index (χ2n) is 7.70. The van der Waals surface area contributed by atoms with Crippen molar-refractivity contribution in [3.63, 3.8) is 0 Å². The van der Waals surface area contributed by atoms with Crippen LogP contribution in [0, 0.1) is 12.7 Å². The summed E-state index contributed by atoms with van der Waals surface area (Å²) in [6.45, 7) is 1.25. The Morgan fingerprint density at radius 1 is 1.00 bits per heavy atom. The first-order valence-corrected chi connectivity index (χ1v) is 10.2. The van der Waals surface area contributed by atoms with E-state index in [2.05, 4.69) is 10.3 Å². The number of nitrogens with one attached hydrogen (secondary N) is 2. The zero-order valence-electron chi connectivity index (χ0n) is 17.9. The highest BCUT2D eigenvalue weighted by Crippen LogP contribution is 2.41. The highest BCUT2D eigenvalue weighted by atomic mass is 19.4. The fraction of sp³-hybridized carbons (Fsp3) is 0.217. The van der Waals surface area contributed by atoms with Gasteiger partial charge in [0.2, 0.25) is 5.56 Å². The lowest BCUT2D eigenvalue weighted by atomic mass is 10.0. The third kappa shape index (κ3) is 4.34. The Morgan fingerprint density at radius 2 is 1.74 bits per heavy atom. The number of halogens is 4. The molecule has 1 amide bonds. The lowest BCUT2D eigenvalue weighted by Crippen LogP contribution is -2.45. The van der Waals surface area contributed by atoms with E-state index in [1.54, 1.807) is 6.92 Å². The summed E-state index contributed by atoms with van der Waals surface area (Å²) in [7, 11) is 0. The molecule has 0 saturated heterocycles. The van der Waals surface area contributed by atoms with Gasteiger partial charge in [-0.05, 0) is 55.0 Å². The van der Waals surface area contributed by atoms with Crippen molar-refractivity contribution in [2.45, 2.75) is 13.1 Å². The molecule has 3 aromatic rings. The number of carbonyl (C=O) groups excluding carboxylic acids is 1. The van der Waals surface area contributed by atoms with Gasteiger partial charge < -0.3 is 20.3 Å². The Bertz CT molecular complexity index is 1310. The number of fused-ring (bicyclic) bond motifs is 1. The molecule has 4 rings (SSSR count). The lowest BCUT2D eigenvalue weighted by molar-refractivity contribution is -0.137. The Hall–Kier alpha value is -3.86. The van der Waals surface area contributed by atoms with Crippen LogP contribution in [0.1, 0.15) is 21.5 Å². The van der Waals surface area contributed by atoms with Gasteiger partial charge in [-0.3, -0.25) is 14.5 Å². The molecule has 0 saturated carbocycles. The Kier molecular flexibility index (Phi) is 6.05. The van der Waals surface area contributed by atoms with Gasteiger partial charge >= 0.3 is 6.18 Å². The molecular formula is C23H20F4N4O3. The first-order chi connectivity index (χ1) is 16.1. The molecule has 34 heavy (non-hydrogen) atoms. The second-order valence-corrected chi connectivity index (χ2v) is 7.70. The second kappa shape index (κ2) is 8.82. The summed E-state index contributed by atoms with van der Waals surface area (Å²) >= 11 is 0. The van der Waals surface area contributed by atoms with Gasteiger partial charge in [-0.15, -0.1) is 0 Å². The number of aromatic amines is 1. The van der Waals surface area contributed by atoms with E-state index < -0.39 is 29.0 Å². The minimum Gasteiger partial charge on any atom is -0.395 e. The summed E-state index contributed by atoms with van der Waals surface area (Å²) < 4.78 is 54.1. The van der Waals surface area contributed by atoms with Gasteiger partial charge in [0.1, 0.15) is 18.3 Å². The highest BCUT2D eigenvalue weighted by molar-refractivity contribution is 6.13. The van der Waals surface area contributed by atoms with Crippen LogP contribution in [0.4, 0.5) is 40.4 Å². The van der Waals surface area contributed by atoms with Crippen molar-refractivity contribution in [2.75, 3.05) is 34.9 Å². The highest BCUT2D eigenvalue weighted by Gasteiger charge is 2.37. The summed E-state index contributed by atoms with van der Waals surface area (Å²) in [4.78, 5) is 30.6. The molecule has 1 aliphatic heterocycles. The van der Waals surface area contributed by atoms with Gasteiger partial charge in [0, 0.05) is 18.3 Å². The average Bonchev–Trinajstić information content (AvgIpc) is 2.78. The number of aryl methyl sites for hydroxylation is 1. The SMILES string of the molecule is Cc1cc(F)ccc1N1CN(c2ccc(=O)[nH]c2NCCO)C(=O)c2ccc(C(F)(F)F)cc21. The van der Waals surface area contributed by atoms with Crippen molar-refractivity contribution in [3.05, 3.63) is 81.4 Å². The maximum absolute atomic E-state index is 13.7. The number of aliphatic hydroxyl groups excluding tert-OH is 1. The fourth-order valence-electron chi connectivity index (χ4n) is 3.86. The topological polar surface area (TPSA) is 88.7 Å². The molecule has 1 aliphatic rings. The number of carbonyl (C=O) groups is 1. The standard InChI is InChI=1S/C23H20F4N4O3/c1-13-10-15(24)3-5-17(13)30-12-31(18-6-7-20(33)29-21(18)28-8-9-32)22(34)16-4-2-14(11-19(16)30)23(25,26)27/h2-7,10-11,32H,8-9,12H2,1H3,(H2,28,29,33). The number of benzene rings is 2. The fourth-order valence-corrected chi connectivity index (χ4v) is 3.86. The maximum atomic E-state index is 13.7. The molecule has 0 unspecified atom stereocenters. The zero-order chi connectivity index (χ0) is 24.6. The molecule has 0 atom stereocenters. The third-order valence-electron chi connectivity index (χ3n) is 5.43. The van der Waals surface area contributed by atoms with Crippen molar-refractivity contribution in [3.8, 4) is 0 Å². The van der Waals surface area contributed by atoms with Crippen LogP contribution in [-0.4, -0.2) is 35.8 Å². The van der Waals surface area contributed by atoms with E-state index in [-0.39, 0.29) is 42.6 Å². The van der Waals surface area contributed by atoms with Gasteiger partial charge in [-0.25, -0.2) is 4.39 Å². The molecule has 0 radical (unpaired) electrons. The Morgan fingerprint density at radius 3 is 2.41 bits per heavy atom. The molecule has 11 heteroatoms. The predicted octanol–water partition coefficient (Wildman–Crippen LogP) is 4.00. The molecule has 2 aromatic carbocycles. The summed E-state index contributed by atoms with van der Waals surface area (Å²) in [5, 5.41) is 12.0. The van der Waals surface area contributed by atoms with Gasteiger partial charge in [0.15, 0.2) is 0 Å². The number of pyridine rings is 1. The van der Waals surface area contributed by atoms with Crippen LogP contribution in [0.25, 0.3) is 0 Å². The third-order valence-corrected chi connectivity index (χ3v) is 5.43. The van der Waals surface area contributed by atoms with Crippen LogP contribution in [0.5, 0.6) is 0 Å². The quantitative estimate of drug-likeness (QED) is 0.485. The van der Waals surface area contributed by atoms with Crippen molar-refractivity contribution >= 4 is 28.8 Å². The van der Waals surface area contributed by atoms with Gasteiger partial charge in [0.25, 0.3) is 5.91 Å². The molecular weight excluding hydrogens is 456 g/mol. The predicted molar refractivity (Wildman–Crippen MR) is 119 cm³/mol. The molecule has 0 fully saturated rings. The summed E-state index contributed by atoms with van der Waals surface area (Å²) in [6.07, 6.45) is -4.63. The van der Waals surface area contributed by atoms with Crippen molar-refractivity contribution < 1.29 is 27.5 Å². The molecule has 1 aromatic heterocycles. The van der Waals surface area contributed by atoms with Crippen LogP contribution in [-0.2, 0) is 6.18 Å². The van der Waals surface area contributed by atoms with E-state index in [1.165, 1.54) is 40.1 Å². The average molecular weight is 476 g/mol. The van der Waals surface area contributed by atoms with Crippen molar-refractivity contribution in [2.24, 2.45) is 0 Å². The van der Waals surface area contributed by atoms with Crippen molar-refractivity contribution in [1.82, 2.24) is 4.98 Å². The number of hydrogen-bond donors (Lipinski definition) is 3. The molecule has 7 nitrogen and oxygen atoms in total. The summed E-state index contributed by atoms with van der Waals surface area (Å²) in [5.41, 5.74) is -0.219. The van der Waals surface area contributed by atoms with Crippen LogP contribution in [0.3, 0.4) is 0 Å². The van der Waals surface area contributed by atoms with Gasteiger partial charge in [-0.1, -0.05) is 0 Å². The van der Waals surface area contributed by atoms with Crippen LogP contribution in [0.2, 0.25) is 0 Å². The number of amides is 1. The number of aliphatic hydroxyl groups is 1. The maximum Gasteiger partial charge on any atom is 0.416 e. The van der Waals surface area contributed by atoms with Gasteiger partial charge in [-0.2, -0.15) is 13.2 Å². The number of alkyl halides is 3. The smallest absolute Gasteiger partial charge is 0.395 e. The zero-order valence-corrected chi connectivity index (χ0v) is 17.9. The Balaban J connectivity index is 1.90.